The summed E-state index contributed by atoms with van der Waals surface area (Å²) in [6.45, 7) is 2.03. The molecule has 2 aromatic rings. The third-order valence-electron chi connectivity index (χ3n) is 5.76. The second-order valence-electron chi connectivity index (χ2n) is 7.82. The van der Waals surface area contributed by atoms with Crippen LogP contribution in [-0.4, -0.2) is 37.8 Å². The van der Waals surface area contributed by atoms with Crippen molar-refractivity contribution >= 4 is 18.0 Å². The Morgan fingerprint density at radius 2 is 1.65 bits per heavy atom. The lowest BCUT2D eigenvalue weighted by molar-refractivity contribution is -0.149. The van der Waals surface area contributed by atoms with E-state index in [1.54, 1.807) is 0 Å². The maximum absolute atomic E-state index is 12.8. The van der Waals surface area contributed by atoms with Crippen LogP contribution in [0.25, 0.3) is 0 Å². The fourth-order valence-corrected chi connectivity index (χ4v) is 4.15. The van der Waals surface area contributed by atoms with Crippen LogP contribution in [-0.2, 0) is 30.4 Å². The highest BCUT2D eigenvalue weighted by molar-refractivity contribution is 5.88. The zero-order valence-electron chi connectivity index (χ0n) is 17.9. The van der Waals surface area contributed by atoms with Gasteiger partial charge in [0.2, 0.25) is 0 Å². The first-order chi connectivity index (χ1) is 14.9. The lowest BCUT2D eigenvalue weighted by Gasteiger charge is -2.27. The average Bonchev–Trinajstić information content (AvgIpc) is 3.18. The molecule has 1 amide bonds. The van der Waals surface area contributed by atoms with Crippen molar-refractivity contribution < 1.29 is 28.6 Å². The van der Waals surface area contributed by atoms with Crippen LogP contribution in [0.2, 0.25) is 0 Å². The number of carbonyl (C=O) groups is 3. The first-order valence-corrected chi connectivity index (χ1v) is 10.1. The molecule has 0 spiro atoms. The molecular weight excluding hydrogens is 398 g/mol. The van der Waals surface area contributed by atoms with Crippen LogP contribution >= 0.6 is 0 Å². The Hall–Kier alpha value is -3.35. The zero-order chi connectivity index (χ0) is 22.4. The number of alkyl carbamates (subject to hydrolysis) is 1. The quantitative estimate of drug-likeness (QED) is 0.563. The van der Waals surface area contributed by atoms with Gasteiger partial charge in [-0.2, -0.15) is 0 Å². The van der Waals surface area contributed by atoms with Gasteiger partial charge in [-0.05, 0) is 30.9 Å². The summed E-state index contributed by atoms with van der Waals surface area (Å²) in [5.74, 6) is -1.98. The summed E-state index contributed by atoms with van der Waals surface area (Å²) in [5.41, 5.74) is 1.40. The van der Waals surface area contributed by atoms with Gasteiger partial charge in [-0.3, -0.25) is 4.79 Å². The number of esters is 2. The number of rotatable bonds is 6. The number of nitrogens with one attached hydrogen (secondary N) is 1. The molecule has 0 saturated heterocycles. The first-order valence-electron chi connectivity index (χ1n) is 10.1. The van der Waals surface area contributed by atoms with E-state index in [1.807, 2.05) is 61.5 Å². The maximum Gasteiger partial charge on any atom is 0.408 e. The molecule has 1 saturated carbocycles. The van der Waals surface area contributed by atoms with Crippen molar-refractivity contribution in [1.82, 2.24) is 5.32 Å². The fraction of sp³-hybridized carbons (Fsp3) is 0.375. The molecule has 0 aromatic heterocycles. The maximum atomic E-state index is 12.8. The van der Waals surface area contributed by atoms with Crippen molar-refractivity contribution in [3.05, 3.63) is 71.3 Å². The van der Waals surface area contributed by atoms with Gasteiger partial charge in [-0.25, -0.2) is 9.59 Å². The highest BCUT2D eigenvalue weighted by Crippen LogP contribution is 2.46. The summed E-state index contributed by atoms with van der Waals surface area (Å²) >= 11 is 0. The van der Waals surface area contributed by atoms with Gasteiger partial charge in [0.25, 0.3) is 0 Å². The van der Waals surface area contributed by atoms with Crippen LogP contribution in [0.3, 0.4) is 0 Å². The van der Waals surface area contributed by atoms with Gasteiger partial charge in [0.15, 0.2) is 0 Å². The van der Waals surface area contributed by atoms with Gasteiger partial charge in [-0.15, -0.1) is 0 Å². The number of methoxy groups -OCH3 is 2. The summed E-state index contributed by atoms with van der Waals surface area (Å²) in [7, 11) is 2.57. The van der Waals surface area contributed by atoms with Crippen molar-refractivity contribution in [1.29, 1.82) is 0 Å². The smallest absolute Gasteiger partial charge is 0.408 e. The lowest BCUT2D eigenvalue weighted by atomic mass is 9.88. The molecule has 7 nitrogen and oxygen atoms in total. The van der Waals surface area contributed by atoms with E-state index in [2.05, 4.69) is 5.32 Å². The van der Waals surface area contributed by atoms with Crippen LogP contribution in [0.15, 0.2) is 54.6 Å². The molecule has 31 heavy (non-hydrogen) atoms. The van der Waals surface area contributed by atoms with Gasteiger partial charge in [0.1, 0.15) is 12.1 Å². The largest absolute Gasteiger partial charge is 0.469 e. The molecule has 0 unspecified atom stereocenters. The van der Waals surface area contributed by atoms with Crippen molar-refractivity contribution in [3.8, 4) is 0 Å². The minimum Gasteiger partial charge on any atom is -0.469 e. The van der Waals surface area contributed by atoms with Crippen LogP contribution in [0.4, 0.5) is 4.79 Å². The Bertz CT molecular complexity index is 927. The Balaban J connectivity index is 1.83. The summed E-state index contributed by atoms with van der Waals surface area (Å²) < 4.78 is 15.3. The molecule has 3 atom stereocenters. The summed E-state index contributed by atoms with van der Waals surface area (Å²) in [6.07, 6.45) is -0.490. The molecule has 0 aliphatic heterocycles. The highest BCUT2D eigenvalue weighted by atomic mass is 16.6. The second-order valence-corrected chi connectivity index (χ2v) is 7.82. The third-order valence-corrected chi connectivity index (χ3v) is 5.76. The minimum absolute atomic E-state index is 0.0608. The predicted molar refractivity (Wildman–Crippen MR) is 113 cm³/mol. The number of hydrogen-bond acceptors (Lipinski definition) is 6. The topological polar surface area (TPSA) is 90.9 Å². The number of carbonyl (C=O) groups excluding carboxylic acids is 3. The molecule has 3 rings (SSSR count). The zero-order valence-corrected chi connectivity index (χ0v) is 17.9. The van der Waals surface area contributed by atoms with Crippen LogP contribution in [0.5, 0.6) is 0 Å². The van der Waals surface area contributed by atoms with E-state index < -0.39 is 29.5 Å². The monoisotopic (exact) mass is 425 g/mol. The number of aryl methyl sites for hydroxylation is 1. The molecule has 0 radical (unpaired) electrons. The summed E-state index contributed by atoms with van der Waals surface area (Å²) in [4.78, 5) is 37.9. The molecule has 7 heteroatoms. The van der Waals surface area contributed by atoms with E-state index in [-0.39, 0.29) is 25.4 Å². The van der Waals surface area contributed by atoms with Crippen LogP contribution in [0, 0.1) is 12.8 Å². The van der Waals surface area contributed by atoms with E-state index in [0.717, 1.165) is 16.7 Å². The lowest BCUT2D eigenvalue weighted by Crippen LogP contribution is -2.53. The number of amides is 1. The second kappa shape index (κ2) is 9.64. The van der Waals surface area contributed by atoms with Crippen molar-refractivity contribution in [2.45, 2.75) is 37.8 Å². The fourth-order valence-electron chi connectivity index (χ4n) is 4.15. The van der Waals surface area contributed by atoms with Gasteiger partial charge in [0, 0.05) is 5.92 Å². The summed E-state index contributed by atoms with van der Waals surface area (Å²) in [5, 5.41) is 2.69. The van der Waals surface area contributed by atoms with Crippen molar-refractivity contribution in [2.75, 3.05) is 14.2 Å². The van der Waals surface area contributed by atoms with Crippen LogP contribution in [0.1, 0.15) is 35.4 Å². The van der Waals surface area contributed by atoms with Crippen molar-refractivity contribution in [2.24, 2.45) is 5.92 Å². The normalized spacial score (nSPS) is 22.4. The predicted octanol–water partition coefficient (Wildman–Crippen LogP) is 3.50. The van der Waals surface area contributed by atoms with Crippen molar-refractivity contribution in [3.63, 3.8) is 0 Å². The number of hydrogen-bond donors (Lipinski definition) is 1. The SMILES string of the molecule is COC(=O)[C@H]1C[C@@](NC(=O)OCc2ccccc2)(C(=O)OC)C[C@@H]1c1ccc(C)cc1. The Morgan fingerprint density at radius 3 is 2.26 bits per heavy atom. The molecule has 2 aromatic carbocycles. The molecule has 1 N–H and O–H groups in total. The van der Waals surface area contributed by atoms with E-state index in [0.29, 0.717) is 0 Å². The highest BCUT2D eigenvalue weighted by Gasteiger charge is 2.55. The van der Waals surface area contributed by atoms with Gasteiger partial charge in [-0.1, -0.05) is 60.2 Å². The van der Waals surface area contributed by atoms with E-state index >= 15 is 0 Å². The van der Waals surface area contributed by atoms with Gasteiger partial charge in [0.05, 0.1) is 20.1 Å². The molecule has 1 fully saturated rings. The molecule has 0 heterocycles. The summed E-state index contributed by atoms with van der Waals surface area (Å²) in [6, 6.07) is 17.0. The Kier molecular flexibility index (Phi) is 6.95. The molecule has 0 bridgehead atoms. The van der Waals surface area contributed by atoms with E-state index in [4.69, 9.17) is 14.2 Å². The molecular formula is C24H27NO6. The number of benzene rings is 2. The van der Waals surface area contributed by atoms with Gasteiger partial charge < -0.3 is 19.5 Å². The minimum atomic E-state index is -1.39. The van der Waals surface area contributed by atoms with Gasteiger partial charge >= 0.3 is 18.0 Å². The van der Waals surface area contributed by atoms with E-state index in [1.165, 1.54) is 14.2 Å². The third kappa shape index (κ3) is 5.05. The Labute approximate surface area is 181 Å². The molecule has 1 aliphatic rings. The van der Waals surface area contributed by atoms with Crippen LogP contribution < -0.4 is 5.32 Å². The first kappa shape index (κ1) is 22.3. The molecule has 164 valence electrons. The molecule has 1 aliphatic carbocycles. The Morgan fingerprint density at radius 1 is 0.968 bits per heavy atom. The van der Waals surface area contributed by atoms with E-state index in [9.17, 15) is 14.4 Å². The number of ether oxygens (including phenoxy) is 3. The standard InChI is InChI=1S/C24H27NO6/c1-16-9-11-18(12-10-16)19-13-24(22(27)30-3,14-20(19)21(26)29-2)25-23(28)31-15-17-7-5-4-6-8-17/h4-12,19-20H,13-15H2,1-3H3,(H,25,28)/t19-,20+,24-/m1/s1. The average molecular weight is 425 g/mol.